The fourth-order valence-electron chi connectivity index (χ4n) is 6.90. The number of carbonyl (C=O) groups is 17. The summed E-state index contributed by atoms with van der Waals surface area (Å²) in [5.41, 5.74) is 12.2. The van der Waals surface area contributed by atoms with Crippen LogP contribution in [0, 0.1) is 0 Å². The number of H-pyrrole nitrogens is 1. The van der Waals surface area contributed by atoms with Crippen LogP contribution in [-0.2, 0) is 87.9 Å². The number of benzene rings is 1. The molecule has 9 amide bonds. The van der Waals surface area contributed by atoms with Gasteiger partial charge in [-0.2, -0.15) is 0 Å². The molecular formula is C43H53N11O25. The van der Waals surface area contributed by atoms with Crippen LogP contribution >= 0.6 is 0 Å². The van der Waals surface area contributed by atoms with Gasteiger partial charge in [-0.3, -0.25) is 76.7 Å². The summed E-state index contributed by atoms with van der Waals surface area (Å²) in [7, 11) is 0. The maximum absolute atomic E-state index is 13.6. The molecule has 0 aliphatic rings. The lowest BCUT2D eigenvalue weighted by Crippen LogP contribution is -2.61. The Kier molecular flexibility index (Phi) is 24.9. The molecule has 0 aliphatic heterocycles. The highest BCUT2D eigenvalue weighted by Crippen LogP contribution is 2.19. The molecule has 36 nitrogen and oxygen atoms in total. The number of nitrogens with one attached hydrogen (secondary N) is 9. The number of amides is 9. The number of aliphatic carboxylic acids is 8. The van der Waals surface area contributed by atoms with Crippen LogP contribution in [0.5, 0.6) is 0 Å². The van der Waals surface area contributed by atoms with Gasteiger partial charge < -0.3 is 99.8 Å². The third-order valence-electron chi connectivity index (χ3n) is 10.6. The van der Waals surface area contributed by atoms with Crippen LogP contribution in [-0.4, -0.2) is 201 Å². The Morgan fingerprint density at radius 1 is 0.380 bits per heavy atom. The van der Waals surface area contributed by atoms with E-state index in [1.54, 1.807) is 62.4 Å². The van der Waals surface area contributed by atoms with Crippen molar-refractivity contribution in [2.24, 2.45) is 11.5 Å². The minimum absolute atomic E-state index is 0.148. The van der Waals surface area contributed by atoms with Crippen LogP contribution in [0.2, 0.25) is 0 Å². The summed E-state index contributed by atoms with van der Waals surface area (Å²) in [6.07, 6.45) is -9.43. The van der Waals surface area contributed by atoms with Gasteiger partial charge in [0.15, 0.2) is 0 Å². The fraction of sp³-hybridized carbons (Fsp3) is 0.419. The van der Waals surface area contributed by atoms with Gasteiger partial charge in [0.25, 0.3) is 0 Å². The van der Waals surface area contributed by atoms with E-state index in [1.165, 1.54) is 0 Å². The average Bonchev–Trinajstić information content (AvgIpc) is 3.73. The van der Waals surface area contributed by atoms with E-state index in [-0.39, 0.29) is 6.42 Å². The van der Waals surface area contributed by atoms with E-state index in [1.807, 2.05) is 5.32 Å². The number of fused-ring (bicyclic) bond motifs is 1. The summed E-state index contributed by atoms with van der Waals surface area (Å²) in [6, 6.07) is -13.1. The number of hydrogen-bond donors (Lipinski definition) is 19. The molecule has 79 heavy (non-hydrogen) atoms. The minimum Gasteiger partial charge on any atom is -0.481 e. The van der Waals surface area contributed by atoms with E-state index >= 15 is 0 Å². The first-order chi connectivity index (χ1) is 36.8. The number of para-hydroxylation sites is 1. The lowest BCUT2D eigenvalue weighted by Gasteiger charge is -2.26. The number of nitrogens with two attached hydrogens (primary N) is 2. The topological polar surface area (TPSA) is 616 Å². The van der Waals surface area contributed by atoms with Gasteiger partial charge in [-0.1, -0.05) is 18.2 Å². The summed E-state index contributed by atoms with van der Waals surface area (Å²) >= 11 is 0. The molecule has 2 rings (SSSR count). The first-order valence-corrected chi connectivity index (χ1v) is 22.5. The molecule has 21 N–H and O–H groups in total. The van der Waals surface area contributed by atoms with E-state index in [0.717, 1.165) is 0 Å². The molecule has 1 aromatic heterocycles. The maximum atomic E-state index is 13.6. The van der Waals surface area contributed by atoms with Crippen molar-refractivity contribution in [1.82, 2.24) is 47.5 Å². The van der Waals surface area contributed by atoms with Crippen LogP contribution in [0.4, 0.5) is 0 Å². The van der Waals surface area contributed by atoms with Gasteiger partial charge in [-0.15, -0.1) is 0 Å². The lowest BCUT2D eigenvalue weighted by molar-refractivity contribution is -0.146. The normalized spacial score (nSPS) is 14.2. The van der Waals surface area contributed by atoms with Crippen LogP contribution in [0.25, 0.3) is 10.9 Å². The van der Waals surface area contributed by atoms with Gasteiger partial charge >= 0.3 is 47.8 Å². The van der Waals surface area contributed by atoms with E-state index in [4.69, 9.17) is 11.5 Å². The van der Waals surface area contributed by atoms with Crippen molar-refractivity contribution in [2.75, 3.05) is 0 Å². The van der Waals surface area contributed by atoms with Gasteiger partial charge in [-0.25, -0.2) is 4.79 Å². The minimum atomic E-state index is -2.47. The zero-order chi connectivity index (χ0) is 60.0. The molecule has 0 spiro atoms. The highest BCUT2D eigenvalue weighted by atomic mass is 16.4. The van der Waals surface area contributed by atoms with Crippen LogP contribution in [0.3, 0.4) is 0 Å². The summed E-state index contributed by atoms with van der Waals surface area (Å²) < 4.78 is 0. The Labute approximate surface area is 440 Å². The molecule has 0 saturated carbocycles. The predicted molar refractivity (Wildman–Crippen MR) is 253 cm³/mol. The van der Waals surface area contributed by atoms with Crippen LogP contribution < -0.4 is 54.0 Å². The Balaban J connectivity index is 2.38. The Morgan fingerprint density at radius 3 is 0.886 bits per heavy atom. The van der Waals surface area contributed by atoms with Crippen molar-refractivity contribution in [3.8, 4) is 0 Å². The maximum Gasteiger partial charge on any atom is 0.326 e. The first kappa shape index (κ1) is 64.8. The SMILES string of the molecule is NC(=O)C[C@H](NC(=O)[C@H](CC(=O)O)NC(=O)[C@H](CC(=O)O)NC(=O)[C@H](CC(=O)O)NC(=O)[C@H](CC(=O)O)NC(=O)[C@H](CC(=O)O)NC(=O)[C@H](CC(=O)O)NC(=O)[C@H](CC(=O)O)NC(=O)[C@@H](N)Cc1c[nH]c2ccccc12)C(=O)O. The number of aromatic nitrogens is 1. The van der Waals surface area contributed by atoms with Gasteiger partial charge in [-0.05, 0) is 18.1 Å². The molecule has 0 unspecified atom stereocenters. The summed E-state index contributed by atoms with van der Waals surface area (Å²) in [5, 5.41) is 90.9. The van der Waals surface area contributed by atoms with E-state index in [9.17, 15) is 122 Å². The fourth-order valence-corrected chi connectivity index (χ4v) is 6.90. The Bertz CT molecular complexity index is 2740. The molecule has 9 atom stereocenters. The average molecular weight is 1120 g/mol. The summed E-state index contributed by atoms with van der Waals surface area (Å²) in [4.78, 5) is 215. The zero-order valence-electron chi connectivity index (χ0n) is 40.6. The molecule has 0 saturated heterocycles. The second-order valence-corrected chi connectivity index (χ2v) is 16.9. The third kappa shape index (κ3) is 22.6. The van der Waals surface area contributed by atoms with Gasteiger partial charge in [0.2, 0.25) is 53.2 Å². The monoisotopic (exact) mass is 1120 g/mol. The molecule has 0 bridgehead atoms. The number of primary amides is 1. The van der Waals surface area contributed by atoms with Crippen molar-refractivity contribution < 1.29 is 122 Å². The quantitative estimate of drug-likeness (QED) is 0.0305. The number of carboxylic acid groups (broad SMARTS) is 8. The number of aromatic amines is 1. The highest BCUT2D eigenvalue weighted by molar-refractivity contribution is 6.02. The van der Waals surface area contributed by atoms with Crippen molar-refractivity contribution in [3.05, 3.63) is 36.0 Å². The second kappa shape index (κ2) is 30.3. The third-order valence-corrected chi connectivity index (χ3v) is 10.6. The molecular weight excluding hydrogens is 1070 g/mol. The molecule has 2 aromatic rings. The number of rotatable bonds is 35. The Morgan fingerprint density at radius 2 is 0.633 bits per heavy atom. The second-order valence-electron chi connectivity index (χ2n) is 16.9. The molecule has 0 fully saturated rings. The highest BCUT2D eigenvalue weighted by Gasteiger charge is 2.38. The lowest BCUT2D eigenvalue weighted by atomic mass is 10.0. The van der Waals surface area contributed by atoms with Crippen LogP contribution in [0.15, 0.2) is 30.5 Å². The smallest absolute Gasteiger partial charge is 0.326 e. The Hall–Kier alpha value is -10.3. The van der Waals surface area contributed by atoms with Crippen molar-refractivity contribution in [3.63, 3.8) is 0 Å². The summed E-state index contributed by atoms with van der Waals surface area (Å²) in [5.74, 6) is -29.1. The number of hydrogen-bond acceptors (Lipinski definition) is 18. The van der Waals surface area contributed by atoms with Crippen molar-refractivity contribution in [1.29, 1.82) is 0 Å². The van der Waals surface area contributed by atoms with E-state index in [2.05, 4.69) is 10.3 Å². The van der Waals surface area contributed by atoms with Gasteiger partial charge in [0.1, 0.15) is 48.3 Å². The van der Waals surface area contributed by atoms with E-state index in [0.29, 0.717) is 16.5 Å². The largest absolute Gasteiger partial charge is 0.481 e. The molecule has 36 heteroatoms. The number of carboxylic acids is 8. The van der Waals surface area contributed by atoms with Gasteiger partial charge in [0, 0.05) is 17.1 Å². The van der Waals surface area contributed by atoms with Crippen molar-refractivity contribution in [2.45, 2.75) is 112 Å². The molecule has 0 aliphatic carbocycles. The standard InChI is InChI=1S/C43H53N11O25/c44-17(5-15-14-46-18-4-2-1-3-16(15)18)35(70)47-19(7-28(56)57)36(71)48-20(8-29(58)59)37(72)49-21(9-30(60)61)38(73)50-22(10-31(62)63)39(74)51-23(11-32(64)65)40(75)52-24(12-33(66)67)41(76)53-25(13-34(68)69)42(77)54-26(43(78)79)6-27(45)55/h1-4,14,17,19-26,46H,5-13,44H2,(H2,45,55)(H,47,70)(H,48,71)(H,49,72)(H,50,73)(H,51,74)(H,52,75)(H,53,76)(H,54,77)(H,56,57)(H,58,59)(H,60,61)(H,62,63)(H,64,65)(H,66,67)(H,68,69)(H,78,79)/t17-,19-,20-,21-,22-,23-,24-,25-,26-/m0/s1. The molecule has 430 valence electrons. The number of carbonyl (C=O) groups excluding carboxylic acids is 9. The molecule has 1 heterocycles. The summed E-state index contributed by atoms with van der Waals surface area (Å²) in [6.45, 7) is 0. The van der Waals surface area contributed by atoms with Gasteiger partial charge in [0.05, 0.1) is 57.4 Å². The van der Waals surface area contributed by atoms with E-state index < -0.39 is 207 Å². The van der Waals surface area contributed by atoms with Crippen LogP contribution in [0.1, 0.15) is 56.9 Å². The predicted octanol–water partition coefficient (Wildman–Crippen LogP) is -7.80. The van der Waals surface area contributed by atoms with Crippen molar-refractivity contribution >= 4 is 112 Å². The zero-order valence-corrected chi connectivity index (χ0v) is 40.6. The molecule has 0 radical (unpaired) electrons. The molecule has 1 aromatic carbocycles. The first-order valence-electron chi connectivity index (χ1n) is 22.5.